The summed E-state index contributed by atoms with van der Waals surface area (Å²) in [6.07, 6.45) is -2.31. The average molecular weight is 1590 g/mol. The molecule has 0 bridgehead atoms. The summed E-state index contributed by atoms with van der Waals surface area (Å²) >= 11 is 0. The topological polar surface area (TPSA) is 63.6 Å². The third-order valence-corrected chi connectivity index (χ3v) is 22.5. The first kappa shape index (κ1) is 83.3. The number of ether oxygens (including phenoxy) is 1. The Balaban J connectivity index is 0.000000142. The van der Waals surface area contributed by atoms with Crippen LogP contribution in [0, 0.1) is 0 Å². The molecule has 0 radical (unpaired) electrons. The maximum absolute atomic E-state index is 10.7. The molecule has 114 heavy (non-hydrogen) atoms. The van der Waals surface area contributed by atoms with Crippen LogP contribution in [0.2, 0.25) is 0 Å². The Kier molecular flexibility index (Phi) is 30.1. The summed E-state index contributed by atoms with van der Waals surface area (Å²) in [6, 6.07) is 174. The van der Waals surface area contributed by atoms with Gasteiger partial charge in [0.2, 0.25) is 0 Å². The van der Waals surface area contributed by atoms with Crippen molar-refractivity contribution in [3.8, 4) is 0 Å². The molecular formula is C101H89B4F3O4SZr. The van der Waals surface area contributed by atoms with Gasteiger partial charge in [0, 0.05) is 13.2 Å². The van der Waals surface area contributed by atoms with Crippen LogP contribution in [-0.2, 0) is 41.1 Å². The Morgan fingerprint density at radius 2 is 0.281 bits per heavy atom. The zero-order chi connectivity index (χ0) is 78.3. The maximum Gasteiger partial charge on any atom is 4.00 e. The van der Waals surface area contributed by atoms with Crippen molar-refractivity contribution in [3.05, 3.63) is 485 Å². The molecule has 1 aliphatic heterocycles. The van der Waals surface area contributed by atoms with E-state index in [0.717, 1.165) is 13.2 Å². The third kappa shape index (κ3) is 19.3. The molecule has 1 aliphatic rings. The molecule has 560 valence electrons. The minimum absolute atomic E-state index is 0. The van der Waals surface area contributed by atoms with Gasteiger partial charge in [-0.2, -0.15) is 109 Å². The quantitative estimate of drug-likeness (QED) is 0.0595. The summed E-state index contributed by atoms with van der Waals surface area (Å²) in [7, 11) is -5.84. The first-order valence-corrected chi connectivity index (χ1v) is 40.0. The van der Waals surface area contributed by atoms with Crippen LogP contribution in [0.1, 0.15) is 12.8 Å². The van der Waals surface area contributed by atoms with Crippen molar-refractivity contribution in [2.45, 2.75) is 18.3 Å². The molecule has 16 aromatic rings. The van der Waals surface area contributed by atoms with Crippen LogP contribution in [0.3, 0.4) is 0 Å². The van der Waals surface area contributed by atoms with Gasteiger partial charge in [0.05, 0.1) is 0 Å². The molecule has 0 aromatic heterocycles. The van der Waals surface area contributed by atoms with E-state index in [4.69, 9.17) is 17.7 Å². The molecule has 17 rings (SSSR count). The molecule has 0 unspecified atom stereocenters. The van der Waals surface area contributed by atoms with Crippen LogP contribution in [-0.4, -0.2) is 56.3 Å². The minimum Gasteiger partial charge on any atom is -0.381 e. The molecule has 16 aromatic carbocycles. The van der Waals surface area contributed by atoms with Crippen LogP contribution in [0.4, 0.5) is 13.2 Å². The number of hydrogen-bond donors (Lipinski definition) is 1. The second kappa shape index (κ2) is 41.2. The number of benzene rings is 16. The van der Waals surface area contributed by atoms with Gasteiger partial charge in [-0.15, -0.1) is 0 Å². The van der Waals surface area contributed by atoms with Crippen LogP contribution >= 0.6 is 0 Å². The molecule has 1 saturated heterocycles. The minimum atomic E-state index is -5.84. The summed E-state index contributed by atoms with van der Waals surface area (Å²) < 4.78 is 62.5. The van der Waals surface area contributed by atoms with Crippen LogP contribution in [0.25, 0.3) is 0 Å². The molecule has 1 N–H and O–H groups in total. The van der Waals surface area contributed by atoms with E-state index in [1.165, 1.54) is 100 Å². The first-order chi connectivity index (χ1) is 55.4. The van der Waals surface area contributed by atoms with Gasteiger partial charge in [0.25, 0.3) is 0 Å². The summed E-state index contributed by atoms with van der Waals surface area (Å²) in [5.74, 6) is 0. The molecular weight excluding hydrogens is 1500 g/mol. The van der Waals surface area contributed by atoms with E-state index in [1.54, 1.807) is 0 Å². The molecule has 0 atom stereocenters. The fraction of sp³-hybridized carbons (Fsp3) is 0.0495. The van der Waals surface area contributed by atoms with Crippen molar-refractivity contribution >= 4 is 122 Å². The fourth-order valence-electron chi connectivity index (χ4n) is 17.0. The Labute approximate surface area is 690 Å². The van der Waals surface area contributed by atoms with Crippen molar-refractivity contribution < 1.29 is 57.1 Å². The van der Waals surface area contributed by atoms with Crippen molar-refractivity contribution in [2.75, 3.05) is 13.2 Å². The average Bonchev–Trinajstić information content (AvgIpc) is 0.802. The van der Waals surface area contributed by atoms with E-state index in [1.807, 2.05) is 0 Å². The monoisotopic (exact) mass is 1590 g/mol. The number of rotatable bonds is 16. The molecule has 1 heterocycles. The molecule has 1 fully saturated rings. The molecule has 0 aliphatic carbocycles. The van der Waals surface area contributed by atoms with E-state index < -0.39 is 40.2 Å². The number of alkyl halides is 3. The van der Waals surface area contributed by atoms with Gasteiger partial charge in [0.15, 0.2) is 0 Å². The van der Waals surface area contributed by atoms with E-state index in [0.29, 0.717) is 0 Å². The predicted molar refractivity (Wildman–Crippen MR) is 478 cm³/mol. The van der Waals surface area contributed by atoms with Crippen molar-refractivity contribution in [1.82, 2.24) is 0 Å². The summed E-state index contributed by atoms with van der Waals surface area (Å²) in [5, 5.41) is 0. The molecule has 0 spiro atoms. The largest absolute Gasteiger partial charge is 4.00 e. The third-order valence-electron chi connectivity index (χ3n) is 21.9. The van der Waals surface area contributed by atoms with E-state index in [9.17, 15) is 13.2 Å². The van der Waals surface area contributed by atoms with Gasteiger partial charge in [-0.25, -0.2) is 0 Å². The summed E-state index contributed by atoms with van der Waals surface area (Å²) in [5.41, 5.74) is 15.9. The maximum atomic E-state index is 10.7. The predicted octanol–water partition coefficient (Wildman–Crippen LogP) is 13.4. The van der Waals surface area contributed by atoms with E-state index >= 15 is 0 Å². The Morgan fingerprint density at radius 1 is 0.202 bits per heavy atom. The fourth-order valence-corrected chi connectivity index (χ4v) is 17.0. The van der Waals surface area contributed by atoms with Gasteiger partial charge < -0.3 is 4.74 Å². The van der Waals surface area contributed by atoms with E-state index in [2.05, 4.69) is 485 Å². The molecule has 0 amide bonds. The first-order valence-electron chi connectivity index (χ1n) is 38.6. The van der Waals surface area contributed by atoms with Crippen molar-refractivity contribution in [3.63, 3.8) is 0 Å². The van der Waals surface area contributed by atoms with Crippen molar-refractivity contribution in [1.29, 1.82) is 0 Å². The number of halogens is 3. The van der Waals surface area contributed by atoms with Gasteiger partial charge in [-0.3, -0.25) is 4.55 Å². The Hall–Kier alpha value is -11.7. The smallest absolute Gasteiger partial charge is 0.381 e. The molecule has 13 heteroatoms. The SMILES string of the molecule is C1CCOC1.O=S(=O)(O)C(F)(F)F.[Zr+4].c1ccc([B-](c2ccccc2)(c2ccccc2)c2ccccc2)cc1.c1ccc([B-](c2ccccc2)(c2ccccc2)c2ccccc2)cc1.c1ccc([B-](c2ccccc2)(c2ccccc2)c2ccccc2)cc1.c1ccc([B-](c2ccccc2)(c2ccccc2)c2ccccc2)cc1. The van der Waals surface area contributed by atoms with Crippen molar-refractivity contribution in [2.24, 2.45) is 0 Å². The Morgan fingerprint density at radius 3 is 0.333 bits per heavy atom. The van der Waals surface area contributed by atoms with Gasteiger partial charge in [-0.05, 0) is 12.8 Å². The molecule has 0 saturated carbocycles. The Bertz CT molecular complexity index is 4190. The zero-order valence-electron chi connectivity index (χ0n) is 63.5. The normalized spacial score (nSPS) is 11.9. The second-order valence-corrected chi connectivity index (χ2v) is 29.7. The van der Waals surface area contributed by atoms with Gasteiger partial charge in [0.1, 0.15) is 24.6 Å². The summed E-state index contributed by atoms with van der Waals surface area (Å²) in [6.45, 7) is 2.00. The van der Waals surface area contributed by atoms with Gasteiger partial charge in [-0.1, -0.05) is 485 Å². The standard InChI is InChI=1S/4C24H20B.C4H8O.CHF3O3S.Zr/c4*1-5-13-21(14-6-1)25(22-15-7-2-8-16-22,23-17-9-3-10-18-23)24-19-11-4-12-20-24;1-2-4-5-3-1;2-1(3,4)8(5,6)7;/h4*1-20H;1-4H2;(H,5,6,7);/q4*-1;;;+4. The van der Waals surface area contributed by atoms with Crippen LogP contribution in [0.5, 0.6) is 0 Å². The van der Waals surface area contributed by atoms with Crippen LogP contribution < -0.4 is 87.4 Å². The zero-order valence-corrected chi connectivity index (χ0v) is 66.8. The molecule has 4 nitrogen and oxygen atoms in total. The van der Waals surface area contributed by atoms with Crippen LogP contribution in [0.15, 0.2) is 485 Å². The summed E-state index contributed by atoms with van der Waals surface area (Å²) in [4.78, 5) is 0. The second-order valence-electron chi connectivity index (χ2n) is 28.3. The van der Waals surface area contributed by atoms with E-state index in [-0.39, 0.29) is 26.2 Å². The number of hydrogen-bond acceptors (Lipinski definition) is 3. The van der Waals surface area contributed by atoms with Gasteiger partial charge >= 0.3 is 41.8 Å².